The molecule has 3 N–H and O–H groups in total. The van der Waals surface area contributed by atoms with E-state index in [1.54, 1.807) is 6.07 Å². The summed E-state index contributed by atoms with van der Waals surface area (Å²) >= 11 is 11.9. The van der Waals surface area contributed by atoms with Gasteiger partial charge < -0.3 is 14.8 Å². The second-order valence-corrected chi connectivity index (χ2v) is 6.60. The van der Waals surface area contributed by atoms with Gasteiger partial charge in [-0.05, 0) is 31.2 Å². The summed E-state index contributed by atoms with van der Waals surface area (Å²) in [7, 11) is 0. The summed E-state index contributed by atoms with van der Waals surface area (Å²) in [5.74, 6) is -0.504. The summed E-state index contributed by atoms with van der Waals surface area (Å²) in [6.07, 6.45) is 0. The molecule has 0 saturated carbocycles. The highest BCUT2D eigenvalue weighted by Gasteiger charge is 2.17. The molecule has 0 aliphatic carbocycles. The first-order valence-electron chi connectivity index (χ1n) is 7.58. The number of fused-ring (bicyclic) bond motifs is 1. The summed E-state index contributed by atoms with van der Waals surface area (Å²) in [4.78, 5) is 11.7. The number of phenolic OH excluding ortho intramolecular Hbond substituents is 1. The summed E-state index contributed by atoms with van der Waals surface area (Å²) in [5, 5.41) is 12.5. The summed E-state index contributed by atoms with van der Waals surface area (Å²) < 4.78 is 18.8. The predicted octanol–water partition coefficient (Wildman–Crippen LogP) is 3.77. The number of rotatable bonds is 4. The van der Waals surface area contributed by atoms with Crippen molar-refractivity contribution in [3.05, 3.63) is 73.8 Å². The predicted molar refractivity (Wildman–Crippen MR) is 94.6 cm³/mol. The van der Waals surface area contributed by atoms with E-state index in [9.17, 15) is 14.3 Å². The van der Waals surface area contributed by atoms with Gasteiger partial charge in [0.05, 0.1) is 10.0 Å². The summed E-state index contributed by atoms with van der Waals surface area (Å²) in [5.41, 5.74) is 1.20. The lowest BCUT2D eigenvalue weighted by atomic mass is 10.1. The van der Waals surface area contributed by atoms with Gasteiger partial charge in [0.1, 0.15) is 29.7 Å². The zero-order chi connectivity index (χ0) is 18.1. The molecule has 3 rings (SSSR count). The average molecular weight is 383 g/mol. The van der Waals surface area contributed by atoms with Gasteiger partial charge in [-0.3, -0.25) is 0 Å². The molecule has 2 aromatic carbocycles. The maximum absolute atomic E-state index is 13.7. The first-order valence-corrected chi connectivity index (χ1v) is 8.34. The molecule has 0 amide bonds. The van der Waals surface area contributed by atoms with Gasteiger partial charge in [-0.2, -0.15) is 0 Å². The first kappa shape index (κ1) is 17.7. The molecule has 4 nitrogen and oxygen atoms in total. The van der Waals surface area contributed by atoms with Crippen LogP contribution in [-0.4, -0.2) is 5.11 Å². The van der Waals surface area contributed by atoms with Crippen molar-refractivity contribution in [1.29, 1.82) is 0 Å². The third-order valence-electron chi connectivity index (χ3n) is 4.04. The largest absolute Gasteiger partial charge is 0.508 e. The number of quaternary nitrogens is 1. The fourth-order valence-corrected chi connectivity index (χ4v) is 3.26. The highest BCUT2D eigenvalue weighted by atomic mass is 35.5. The Morgan fingerprint density at radius 1 is 1.20 bits per heavy atom. The molecule has 0 aliphatic rings. The fraction of sp³-hybridized carbons (Fsp3) is 0.167. The second kappa shape index (κ2) is 7.04. The van der Waals surface area contributed by atoms with Gasteiger partial charge in [0.25, 0.3) is 0 Å². The smallest absolute Gasteiger partial charge is 0.336 e. The van der Waals surface area contributed by atoms with Crippen LogP contribution in [0.15, 0.2) is 45.6 Å². The zero-order valence-corrected chi connectivity index (χ0v) is 14.7. The van der Waals surface area contributed by atoms with Crippen molar-refractivity contribution in [2.45, 2.75) is 19.5 Å². The molecule has 0 unspecified atom stereocenters. The minimum atomic E-state index is -0.525. The van der Waals surface area contributed by atoms with Gasteiger partial charge >= 0.3 is 5.63 Å². The highest BCUT2D eigenvalue weighted by molar-refractivity contribution is 6.35. The number of aromatic hydroxyl groups is 1. The van der Waals surface area contributed by atoms with Gasteiger partial charge in [-0.25, -0.2) is 9.18 Å². The maximum Gasteiger partial charge on any atom is 0.336 e. The quantitative estimate of drug-likeness (QED) is 0.533. The van der Waals surface area contributed by atoms with Crippen LogP contribution in [0.4, 0.5) is 4.39 Å². The maximum atomic E-state index is 13.7. The van der Waals surface area contributed by atoms with E-state index in [0.29, 0.717) is 22.7 Å². The Balaban J connectivity index is 1.88. The van der Waals surface area contributed by atoms with Gasteiger partial charge in [0.15, 0.2) is 0 Å². The minimum Gasteiger partial charge on any atom is -0.508 e. The standard InChI is InChI=1S/C18H14Cl2FNO3/c1-9(13-6-16(21)15(20)7-14(13)19)22-8-10-4-18(24)25-17-5-11(23)2-3-12(10)17/h2-7,9,22-23H,8H2,1H3/p+1/t9-/m0/s1. The SMILES string of the molecule is C[C@H]([NH2+]Cc1cc(=O)oc2cc(O)ccc12)c1cc(F)c(Cl)cc1Cl. The second-order valence-electron chi connectivity index (χ2n) is 5.79. The molecule has 0 spiro atoms. The number of phenols is 1. The Kier molecular flexibility index (Phi) is 4.99. The van der Waals surface area contributed by atoms with E-state index in [0.717, 1.165) is 10.9 Å². The molecular weight excluding hydrogens is 368 g/mol. The van der Waals surface area contributed by atoms with Crippen LogP contribution in [0.1, 0.15) is 24.1 Å². The highest BCUT2D eigenvalue weighted by Crippen LogP contribution is 2.27. The van der Waals surface area contributed by atoms with E-state index in [1.807, 2.05) is 12.2 Å². The van der Waals surface area contributed by atoms with E-state index in [1.165, 1.54) is 30.3 Å². The molecule has 7 heteroatoms. The van der Waals surface area contributed by atoms with Crippen molar-refractivity contribution in [2.24, 2.45) is 0 Å². The Labute approximate surface area is 152 Å². The Bertz CT molecular complexity index is 1000. The van der Waals surface area contributed by atoms with Crippen molar-refractivity contribution < 1.29 is 19.2 Å². The molecular formula is C18H15Cl2FNO3+. The molecule has 1 atom stereocenters. The minimum absolute atomic E-state index is 0.0209. The lowest BCUT2D eigenvalue weighted by Gasteiger charge is -2.14. The Morgan fingerprint density at radius 3 is 2.72 bits per heavy atom. The zero-order valence-electron chi connectivity index (χ0n) is 13.2. The number of hydrogen-bond donors (Lipinski definition) is 2. The normalized spacial score (nSPS) is 12.5. The number of halogens is 3. The number of nitrogens with two attached hydrogens (primary N) is 1. The van der Waals surface area contributed by atoms with Crippen LogP contribution in [0, 0.1) is 5.82 Å². The van der Waals surface area contributed by atoms with E-state index in [2.05, 4.69) is 0 Å². The number of benzene rings is 2. The topological polar surface area (TPSA) is 67.0 Å². The van der Waals surface area contributed by atoms with Crippen molar-refractivity contribution in [2.75, 3.05) is 0 Å². The van der Waals surface area contributed by atoms with E-state index in [4.69, 9.17) is 27.6 Å². The van der Waals surface area contributed by atoms with Crippen molar-refractivity contribution in [3.63, 3.8) is 0 Å². The lowest BCUT2D eigenvalue weighted by Crippen LogP contribution is -2.83. The Morgan fingerprint density at radius 2 is 1.96 bits per heavy atom. The third-order valence-corrected chi connectivity index (χ3v) is 4.65. The van der Waals surface area contributed by atoms with Crippen LogP contribution in [0.2, 0.25) is 10.0 Å². The van der Waals surface area contributed by atoms with Crippen LogP contribution in [0.3, 0.4) is 0 Å². The van der Waals surface area contributed by atoms with E-state index >= 15 is 0 Å². The average Bonchev–Trinajstić information content (AvgIpc) is 2.55. The van der Waals surface area contributed by atoms with Gasteiger partial charge in [-0.15, -0.1) is 0 Å². The van der Waals surface area contributed by atoms with Crippen molar-refractivity contribution in [3.8, 4) is 5.75 Å². The molecule has 0 aliphatic heterocycles. The number of hydrogen-bond acceptors (Lipinski definition) is 3. The molecule has 25 heavy (non-hydrogen) atoms. The molecule has 0 radical (unpaired) electrons. The summed E-state index contributed by atoms with van der Waals surface area (Å²) in [6, 6.07) is 8.58. The van der Waals surface area contributed by atoms with Crippen LogP contribution in [0.5, 0.6) is 5.75 Å². The molecule has 130 valence electrons. The molecule has 3 aromatic rings. The van der Waals surface area contributed by atoms with Gasteiger partial charge in [0, 0.05) is 28.6 Å². The lowest BCUT2D eigenvalue weighted by molar-refractivity contribution is -0.707. The van der Waals surface area contributed by atoms with Crippen LogP contribution in [0.25, 0.3) is 11.0 Å². The first-order chi connectivity index (χ1) is 11.8. The van der Waals surface area contributed by atoms with Gasteiger partial charge in [0.2, 0.25) is 0 Å². The summed E-state index contributed by atoms with van der Waals surface area (Å²) in [6.45, 7) is 2.34. The van der Waals surface area contributed by atoms with E-state index < -0.39 is 11.4 Å². The van der Waals surface area contributed by atoms with Crippen molar-refractivity contribution in [1.82, 2.24) is 0 Å². The third kappa shape index (κ3) is 3.79. The monoisotopic (exact) mass is 382 g/mol. The van der Waals surface area contributed by atoms with Crippen LogP contribution in [-0.2, 0) is 6.54 Å². The van der Waals surface area contributed by atoms with Crippen LogP contribution >= 0.6 is 23.2 Å². The fourth-order valence-electron chi connectivity index (χ4n) is 2.71. The van der Waals surface area contributed by atoms with Gasteiger partial charge in [-0.1, -0.05) is 23.2 Å². The molecule has 1 heterocycles. The van der Waals surface area contributed by atoms with Crippen molar-refractivity contribution >= 4 is 34.2 Å². The molecule has 0 fully saturated rings. The molecule has 1 aromatic heterocycles. The van der Waals surface area contributed by atoms with E-state index in [-0.39, 0.29) is 16.8 Å². The van der Waals surface area contributed by atoms with Crippen LogP contribution < -0.4 is 10.9 Å². The Hall–Kier alpha value is -2.08. The molecule has 0 saturated heterocycles. The molecule has 0 bridgehead atoms.